The van der Waals surface area contributed by atoms with Gasteiger partial charge in [-0.15, -0.1) is 0 Å². The zero-order valence-electron chi connectivity index (χ0n) is 18.2. The normalized spacial score (nSPS) is 20.9. The van der Waals surface area contributed by atoms with E-state index in [0.717, 1.165) is 75.2 Å². The molecule has 3 aliphatic rings. The summed E-state index contributed by atoms with van der Waals surface area (Å²) >= 11 is 0. The first-order valence-electron chi connectivity index (χ1n) is 11.4. The number of amides is 2. The van der Waals surface area contributed by atoms with Crippen LogP contribution in [0.15, 0.2) is 42.7 Å². The van der Waals surface area contributed by atoms with E-state index in [1.807, 2.05) is 42.4 Å². The van der Waals surface area contributed by atoms with Gasteiger partial charge in [-0.05, 0) is 80.6 Å². The molecule has 0 atom stereocenters. The van der Waals surface area contributed by atoms with E-state index >= 15 is 0 Å². The van der Waals surface area contributed by atoms with Gasteiger partial charge in [0.15, 0.2) is 0 Å². The number of anilines is 1. The first-order chi connectivity index (χ1) is 15.1. The zero-order chi connectivity index (χ0) is 21.4. The minimum Gasteiger partial charge on any atom is -0.339 e. The zero-order valence-corrected chi connectivity index (χ0v) is 18.2. The Labute approximate surface area is 183 Å². The lowest BCUT2D eigenvalue weighted by Crippen LogP contribution is -2.47. The minimum atomic E-state index is -0.506. The SMILES string of the molecule is CN1C(=O)C2(CCN(Cc3cccnc3)CC2)c2cc(C(=O)N3CCCCC3)ccc21. The third-order valence-electron chi connectivity index (χ3n) is 7.32. The topological polar surface area (TPSA) is 56.8 Å². The molecule has 4 heterocycles. The van der Waals surface area contributed by atoms with Crippen LogP contribution in [0.3, 0.4) is 0 Å². The predicted octanol–water partition coefficient (Wildman–Crippen LogP) is 3.22. The smallest absolute Gasteiger partial charge is 0.253 e. The highest BCUT2D eigenvalue weighted by molar-refractivity contribution is 6.09. The highest BCUT2D eigenvalue weighted by Gasteiger charge is 2.51. The van der Waals surface area contributed by atoms with Crippen LogP contribution in [0.2, 0.25) is 0 Å². The number of hydrogen-bond donors (Lipinski definition) is 0. The van der Waals surface area contributed by atoms with Crippen LogP contribution in [0.1, 0.15) is 53.6 Å². The molecule has 2 fully saturated rings. The number of rotatable bonds is 3. The Hall–Kier alpha value is -2.73. The van der Waals surface area contributed by atoms with E-state index in [-0.39, 0.29) is 11.8 Å². The van der Waals surface area contributed by atoms with Crippen molar-refractivity contribution in [2.45, 2.75) is 44.1 Å². The maximum atomic E-state index is 13.4. The molecular weight excluding hydrogens is 388 g/mol. The van der Waals surface area contributed by atoms with Gasteiger partial charge in [-0.1, -0.05) is 6.07 Å². The molecule has 0 aliphatic carbocycles. The maximum Gasteiger partial charge on any atom is 0.253 e. The highest BCUT2D eigenvalue weighted by Crippen LogP contribution is 2.48. The molecule has 1 aromatic heterocycles. The Morgan fingerprint density at radius 1 is 1.06 bits per heavy atom. The quantitative estimate of drug-likeness (QED) is 0.768. The van der Waals surface area contributed by atoms with Crippen molar-refractivity contribution < 1.29 is 9.59 Å². The van der Waals surface area contributed by atoms with Crippen LogP contribution >= 0.6 is 0 Å². The molecule has 0 N–H and O–H groups in total. The van der Waals surface area contributed by atoms with Crippen LogP contribution in [-0.4, -0.2) is 59.8 Å². The van der Waals surface area contributed by atoms with Gasteiger partial charge in [0.25, 0.3) is 5.91 Å². The van der Waals surface area contributed by atoms with Gasteiger partial charge in [-0.3, -0.25) is 19.5 Å². The number of likely N-dealkylation sites (N-methyl/N-ethyl adjacent to an activating group) is 1. The molecule has 0 bridgehead atoms. The molecule has 162 valence electrons. The molecule has 2 saturated heterocycles. The van der Waals surface area contributed by atoms with E-state index in [0.29, 0.717) is 0 Å². The fourth-order valence-corrected chi connectivity index (χ4v) is 5.50. The third-order valence-corrected chi connectivity index (χ3v) is 7.32. The molecule has 6 nitrogen and oxygen atoms in total. The second-order valence-electron chi connectivity index (χ2n) is 9.17. The molecule has 2 amide bonds. The summed E-state index contributed by atoms with van der Waals surface area (Å²) in [5.41, 5.74) is 3.42. The molecule has 31 heavy (non-hydrogen) atoms. The van der Waals surface area contributed by atoms with Gasteiger partial charge in [0.2, 0.25) is 5.91 Å². The lowest BCUT2D eigenvalue weighted by atomic mass is 9.73. The summed E-state index contributed by atoms with van der Waals surface area (Å²) in [6.45, 7) is 4.25. The molecule has 0 radical (unpaired) electrons. The largest absolute Gasteiger partial charge is 0.339 e. The number of piperidine rings is 2. The lowest BCUT2D eigenvalue weighted by Gasteiger charge is -2.38. The van der Waals surface area contributed by atoms with Gasteiger partial charge in [0.1, 0.15) is 0 Å². The summed E-state index contributed by atoms with van der Waals surface area (Å²) in [5.74, 6) is 0.278. The highest BCUT2D eigenvalue weighted by atomic mass is 16.2. The molecular formula is C25H30N4O2. The molecule has 0 saturated carbocycles. The maximum absolute atomic E-state index is 13.4. The first kappa shape index (κ1) is 20.2. The predicted molar refractivity (Wildman–Crippen MR) is 120 cm³/mol. The second-order valence-corrected chi connectivity index (χ2v) is 9.17. The number of hydrogen-bond acceptors (Lipinski definition) is 4. The Morgan fingerprint density at radius 3 is 2.55 bits per heavy atom. The summed E-state index contributed by atoms with van der Waals surface area (Å²) in [4.78, 5) is 36.9. The molecule has 1 aromatic carbocycles. The van der Waals surface area contributed by atoms with Crippen molar-refractivity contribution in [1.29, 1.82) is 0 Å². The Kier molecular flexibility index (Phi) is 5.26. The van der Waals surface area contributed by atoms with Gasteiger partial charge in [0.05, 0.1) is 5.41 Å². The van der Waals surface area contributed by atoms with Gasteiger partial charge in [-0.25, -0.2) is 0 Å². The molecule has 0 unspecified atom stereocenters. The third kappa shape index (κ3) is 3.53. The monoisotopic (exact) mass is 418 g/mol. The Morgan fingerprint density at radius 2 is 1.84 bits per heavy atom. The van der Waals surface area contributed by atoms with Crippen LogP contribution in [0.25, 0.3) is 0 Å². The first-order valence-corrected chi connectivity index (χ1v) is 11.4. The van der Waals surface area contributed by atoms with Gasteiger partial charge >= 0.3 is 0 Å². The van der Waals surface area contributed by atoms with Crippen molar-refractivity contribution in [2.75, 3.05) is 38.1 Å². The van der Waals surface area contributed by atoms with Crippen molar-refractivity contribution in [2.24, 2.45) is 0 Å². The van der Waals surface area contributed by atoms with E-state index in [1.165, 1.54) is 12.0 Å². The standard InChI is InChI=1S/C25H30N4O2/c1-27-22-8-7-20(23(30)29-12-3-2-4-13-29)16-21(22)25(24(27)31)9-14-28(15-10-25)18-19-6-5-11-26-17-19/h5-8,11,16-17H,2-4,9-10,12-15,18H2,1H3. The number of likely N-dealkylation sites (tertiary alicyclic amines) is 2. The summed E-state index contributed by atoms with van der Waals surface area (Å²) < 4.78 is 0. The number of aromatic nitrogens is 1. The number of carbonyl (C=O) groups excluding carboxylic acids is 2. The van der Waals surface area contributed by atoms with E-state index in [1.54, 1.807) is 11.1 Å². The van der Waals surface area contributed by atoms with Crippen LogP contribution in [0, 0.1) is 0 Å². The van der Waals surface area contributed by atoms with Crippen LogP contribution in [-0.2, 0) is 16.8 Å². The van der Waals surface area contributed by atoms with Crippen molar-refractivity contribution in [3.63, 3.8) is 0 Å². The van der Waals surface area contributed by atoms with E-state index in [2.05, 4.69) is 16.0 Å². The van der Waals surface area contributed by atoms with Crippen LogP contribution in [0.5, 0.6) is 0 Å². The average Bonchev–Trinajstić information content (AvgIpc) is 3.03. The number of pyridine rings is 1. The summed E-state index contributed by atoms with van der Waals surface area (Å²) in [6, 6.07) is 9.95. The lowest BCUT2D eigenvalue weighted by molar-refractivity contribution is -0.124. The molecule has 2 aromatic rings. The number of carbonyl (C=O) groups is 2. The summed E-state index contributed by atoms with van der Waals surface area (Å²) in [5, 5.41) is 0. The fraction of sp³-hybridized carbons (Fsp3) is 0.480. The van der Waals surface area contributed by atoms with Gasteiger partial charge < -0.3 is 9.80 Å². The molecule has 6 heteroatoms. The van der Waals surface area contributed by atoms with Crippen LogP contribution < -0.4 is 4.90 Å². The summed E-state index contributed by atoms with van der Waals surface area (Å²) in [7, 11) is 1.87. The van der Waals surface area contributed by atoms with Crippen molar-refractivity contribution in [1.82, 2.24) is 14.8 Å². The van der Waals surface area contributed by atoms with E-state index in [4.69, 9.17) is 0 Å². The fourth-order valence-electron chi connectivity index (χ4n) is 5.50. The van der Waals surface area contributed by atoms with Crippen molar-refractivity contribution in [3.05, 3.63) is 59.4 Å². The minimum absolute atomic E-state index is 0.105. The van der Waals surface area contributed by atoms with Crippen LogP contribution in [0.4, 0.5) is 5.69 Å². The molecule has 5 rings (SSSR count). The van der Waals surface area contributed by atoms with Crippen molar-refractivity contribution in [3.8, 4) is 0 Å². The van der Waals surface area contributed by atoms with E-state index < -0.39 is 5.41 Å². The number of benzene rings is 1. The Balaban J connectivity index is 1.38. The Bertz CT molecular complexity index is 976. The van der Waals surface area contributed by atoms with Crippen molar-refractivity contribution >= 4 is 17.5 Å². The second kappa shape index (κ2) is 8.08. The van der Waals surface area contributed by atoms with Gasteiger partial charge in [0, 0.05) is 50.3 Å². The molecule has 3 aliphatic heterocycles. The van der Waals surface area contributed by atoms with E-state index in [9.17, 15) is 9.59 Å². The van der Waals surface area contributed by atoms with Gasteiger partial charge in [-0.2, -0.15) is 0 Å². The molecule has 1 spiro atoms. The number of fused-ring (bicyclic) bond motifs is 2. The number of nitrogens with zero attached hydrogens (tertiary/aromatic N) is 4. The summed E-state index contributed by atoms with van der Waals surface area (Å²) in [6.07, 6.45) is 8.62. The average molecular weight is 419 g/mol.